The van der Waals surface area contributed by atoms with Gasteiger partial charge in [-0.25, -0.2) is 13.8 Å². The van der Waals surface area contributed by atoms with Gasteiger partial charge in [0.15, 0.2) is 0 Å². The Hall–Kier alpha value is -2.32. The van der Waals surface area contributed by atoms with Gasteiger partial charge in [0.25, 0.3) is 6.43 Å². The van der Waals surface area contributed by atoms with E-state index in [4.69, 9.17) is 4.99 Å². The summed E-state index contributed by atoms with van der Waals surface area (Å²) in [6.45, 7) is 10.3. The number of benzene rings is 1. The Bertz CT molecular complexity index is 931. The molecule has 0 spiro atoms. The van der Waals surface area contributed by atoms with E-state index in [9.17, 15) is 8.78 Å². The molecule has 192 valence electrons. The maximum absolute atomic E-state index is 13.2. The van der Waals surface area contributed by atoms with Crippen LogP contribution < -0.4 is 16.0 Å². The molecule has 2 aliphatic rings. The topological polar surface area (TPSA) is 51.7 Å². The number of aliphatic imine (C=N–C) groups is 1. The van der Waals surface area contributed by atoms with E-state index in [1.54, 1.807) is 6.07 Å². The molecule has 5 nitrogen and oxygen atoms in total. The normalized spacial score (nSPS) is 18.9. The van der Waals surface area contributed by atoms with Gasteiger partial charge >= 0.3 is 0 Å². The van der Waals surface area contributed by atoms with Crippen molar-refractivity contribution in [2.75, 3.05) is 43.5 Å². The highest BCUT2D eigenvalue weighted by Gasteiger charge is 2.31. The van der Waals surface area contributed by atoms with E-state index in [0.717, 1.165) is 55.3 Å². The molecule has 35 heavy (non-hydrogen) atoms. The summed E-state index contributed by atoms with van der Waals surface area (Å²) in [6, 6.07) is 6.86. The van der Waals surface area contributed by atoms with Gasteiger partial charge in [-0.15, -0.1) is 6.58 Å². The average Bonchev–Trinajstić information content (AvgIpc) is 2.83. The second kappa shape index (κ2) is 13.7. The monoisotopic (exact) mass is 503 g/mol. The first-order chi connectivity index (χ1) is 16.9. The second-order valence-corrected chi connectivity index (χ2v) is 10.3. The lowest BCUT2D eigenvalue weighted by molar-refractivity contribution is 0.151. The summed E-state index contributed by atoms with van der Waals surface area (Å²) in [5.41, 5.74) is 2.56. The molecule has 0 unspecified atom stereocenters. The van der Waals surface area contributed by atoms with Crippen LogP contribution in [-0.2, 0) is 0 Å². The van der Waals surface area contributed by atoms with Crippen LogP contribution in [0.15, 0.2) is 65.1 Å². The molecule has 0 amide bonds. The molecule has 8 heteroatoms. The first-order valence-electron chi connectivity index (χ1n) is 12.4. The van der Waals surface area contributed by atoms with Gasteiger partial charge in [0.2, 0.25) is 0 Å². The van der Waals surface area contributed by atoms with E-state index >= 15 is 0 Å². The smallest absolute Gasteiger partial charge is 0.263 e. The molecule has 3 N–H and O–H groups in total. The highest BCUT2D eigenvalue weighted by molar-refractivity contribution is 7.99. The van der Waals surface area contributed by atoms with Crippen molar-refractivity contribution < 1.29 is 8.78 Å². The van der Waals surface area contributed by atoms with E-state index in [-0.39, 0.29) is 5.56 Å². The van der Waals surface area contributed by atoms with Crippen molar-refractivity contribution in [2.45, 2.75) is 45.6 Å². The lowest BCUT2D eigenvalue weighted by Crippen LogP contribution is -2.51. The van der Waals surface area contributed by atoms with Crippen molar-refractivity contribution in [1.82, 2.24) is 15.5 Å². The molecule has 2 aliphatic heterocycles. The van der Waals surface area contributed by atoms with E-state index in [0.29, 0.717) is 24.2 Å². The fourth-order valence-electron chi connectivity index (χ4n) is 4.40. The first-order valence-corrected chi connectivity index (χ1v) is 13.6. The predicted molar refractivity (Wildman–Crippen MR) is 146 cm³/mol. The third-order valence-corrected chi connectivity index (χ3v) is 7.43. The number of amidine groups is 1. The van der Waals surface area contributed by atoms with Crippen LogP contribution >= 0.6 is 11.8 Å². The van der Waals surface area contributed by atoms with Gasteiger partial charge in [-0.3, -0.25) is 0 Å². The van der Waals surface area contributed by atoms with Gasteiger partial charge < -0.3 is 20.9 Å². The molecule has 0 aromatic heterocycles. The Morgan fingerprint density at radius 1 is 1.29 bits per heavy atom. The molecule has 0 bridgehead atoms. The van der Waals surface area contributed by atoms with Crippen LogP contribution in [0.1, 0.15) is 45.1 Å². The van der Waals surface area contributed by atoms with E-state index in [1.807, 2.05) is 50.9 Å². The fraction of sp³-hybridized carbons (Fsp3) is 0.519. The van der Waals surface area contributed by atoms with Crippen LogP contribution in [0.5, 0.6) is 0 Å². The lowest BCUT2D eigenvalue weighted by atomic mass is 9.94. The van der Waals surface area contributed by atoms with Gasteiger partial charge in [-0.1, -0.05) is 18.2 Å². The maximum atomic E-state index is 13.2. The molecule has 2 heterocycles. The number of alkyl halides is 2. The molecular formula is C27H39F2N5S. The Labute approximate surface area is 213 Å². The van der Waals surface area contributed by atoms with Gasteiger partial charge in [-0.2, -0.15) is 11.8 Å². The van der Waals surface area contributed by atoms with Gasteiger partial charge in [0, 0.05) is 48.2 Å². The number of nitrogens with one attached hydrogen (secondary N) is 3. The summed E-state index contributed by atoms with van der Waals surface area (Å²) in [7, 11) is 1.91. The third-order valence-electron chi connectivity index (χ3n) is 6.38. The molecule has 0 radical (unpaired) electrons. The van der Waals surface area contributed by atoms with Crippen molar-refractivity contribution in [2.24, 2.45) is 10.9 Å². The Kier molecular flexibility index (Phi) is 10.7. The van der Waals surface area contributed by atoms with Gasteiger partial charge in [-0.05, 0) is 75.8 Å². The minimum Gasteiger partial charge on any atom is -0.367 e. The quantitative estimate of drug-likeness (QED) is 0.203. The summed E-state index contributed by atoms with van der Waals surface area (Å²) >= 11 is 2.01. The lowest BCUT2D eigenvalue weighted by Gasteiger charge is -2.42. The van der Waals surface area contributed by atoms with Crippen molar-refractivity contribution in [1.29, 1.82) is 0 Å². The third kappa shape index (κ3) is 7.84. The summed E-state index contributed by atoms with van der Waals surface area (Å²) in [6.07, 6.45) is 4.78. The van der Waals surface area contributed by atoms with E-state index in [1.165, 1.54) is 23.6 Å². The zero-order valence-electron chi connectivity index (χ0n) is 21.1. The highest BCUT2D eigenvalue weighted by Crippen LogP contribution is 2.26. The molecule has 2 fully saturated rings. The number of nitrogens with zero attached hydrogens (tertiary/aromatic N) is 2. The number of hydrogen-bond donors (Lipinski definition) is 3. The van der Waals surface area contributed by atoms with Crippen molar-refractivity contribution >= 4 is 23.3 Å². The Morgan fingerprint density at radius 2 is 2.03 bits per heavy atom. The largest absolute Gasteiger partial charge is 0.367 e. The van der Waals surface area contributed by atoms with Crippen LogP contribution in [0.2, 0.25) is 0 Å². The summed E-state index contributed by atoms with van der Waals surface area (Å²) < 4.78 is 26.5. The number of allylic oxidation sites excluding steroid dienone is 3. The molecule has 1 aromatic rings. The summed E-state index contributed by atoms with van der Waals surface area (Å²) in [5.74, 6) is 4.71. The maximum Gasteiger partial charge on any atom is 0.263 e. The molecule has 3 rings (SSSR count). The fourth-order valence-corrected chi connectivity index (χ4v) is 5.51. The zero-order valence-corrected chi connectivity index (χ0v) is 21.9. The first kappa shape index (κ1) is 27.3. The molecule has 0 atom stereocenters. The van der Waals surface area contributed by atoms with E-state index < -0.39 is 6.43 Å². The van der Waals surface area contributed by atoms with Crippen LogP contribution in [0, 0.1) is 5.92 Å². The molecule has 0 aliphatic carbocycles. The predicted octanol–water partition coefficient (Wildman–Crippen LogP) is 5.78. The number of likely N-dealkylation sites (N-methyl/N-ethyl adjacent to an activating group) is 1. The highest BCUT2D eigenvalue weighted by atomic mass is 32.2. The SMILES string of the molecule is C=CCC1CN(C(=N/C(=CC)NC2CCSCC2)/C(CNC)=C(\C)Nc2cccc(C(F)F)c2)C1. The Morgan fingerprint density at radius 3 is 2.66 bits per heavy atom. The number of anilines is 1. The molecular weight excluding hydrogens is 464 g/mol. The van der Waals surface area contributed by atoms with Gasteiger partial charge in [0.1, 0.15) is 11.7 Å². The standard InChI is InChI=1S/C27H39F2N5S/c1-5-8-20-17-34(18-20)27(33-25(6-2)32-22-11-13-35-14-12-22)24(16-30-4)19(3)31-23-10-7-9-21(15-23)26(28)29/h5-7,9-10,15,20,22,26,30-32H,1,8,11-14,16-18H2,2-4H3/b24-19+,25-6?,33-27+. The minimum absolute atomic E-state index is 0.00733. The molecule has 0 saturated carbocycles. The number of thioether (sulfide) groups is 1. The second-order valence-electron chi connectivity index (χ2n) is 9.12. The van der Waals surface area contributed by atoms with Gasteiger partial charge in [0.05, 0.1) is 0 Å². The van der Waals surface area contributed by atoms with Crippen molar-refractivity contribution in [3.05, 3.63) is 65.7 Å². The van der Waals surface area contributed by atoms with Crippen LogP contribution in [0.3, 0.4) is 0 Å². The van der Waals surface area contributed by atoms with Crippen LogP contribution in [0.25, 0.3) is 0 Å². The van der Waals surface area contributed by atoms with Crippen molar-refractivity contribution in [3.8, 4) is 0 Å². The molecule has 2 saturated heterocycles. The number of hydrogen-bond acceptors (Lipinski definition) is 5. The summed E-state index contributed by atoms with van der Waals surface area (Å²) in [5, 5.41) is 10.3. The molecule has 1 aromatic carbocycles. The van der Waals surface area contributed by atoms with Crippen LogP contribution in [0.4, 0.5) is 14.5 Å². The summed E-state index contributed by atoms with van der Waals surface area (Å²) in [4.78, 5) is 7.44. The minimum atomic E-state index is -2.50. The Balaban J connectivity index is 1.91. The van der Waals surface area contributed by atoms with Crippen LogP contribution in [-0.4, -0.2) is 55.0 Å². The van der Waals surface area contributed by atoms with E-state index in [2.05, 4.69) is 27.4 Å². The number of rotatable bonds is 11. The van der Waals surface area contributed by atoms with Crippen molar-refractivity contribution in [3.63, 3.8) is 0 Å². The zero-order chi connectivity index (χ0) is 25.2. The number of halogens is 2. The number of likely N-dealkylation sites (tertiary alicyclic amines) is 1. The average molecular weight is 504 g/mol.